The molecule has 21 heavy (non-hydrogen) atoms. The number of carboxylic acids is 1. The van der Waals surface area contributed by atoms with Crippen LogP contribution >= 0.6 is 0 Å². The summed E-state index contributed by atoms with van der Waals surface area (Å²) in [7, 11) is 0. The number of rotatable bonds is 4. The van der Waals surface area contributed by atoms with Crippen LogP contribution in [0.15, 0.2) is 4.52 Å². The van der Waals surface area contributed by atoms with Gasteiger partial charge in [-0.05, 0) is 38.5 Å². The molecule has 1 amide bonds. The fourth-order valence-electron chi connectivity index (χ4n) is 3.05. The van der Waals surface area contributed by atoms with Crippen LogP contribution in [0.4, 0.5) is 0 Å². The summed E-state index contributed by atoms with van der Waals surface area (Å²) in [6.45, 7) is 6.76. The van der Waals surface area contributed by atoms with Crippen LogP contribution in [-0.4, -0.2) is 40.1 Å². The number of likely N-dealkylation sites (tertiary alicyclic amines) is 1. The fourth-order valence-corrected chi connectivity index (χ4v) is 3.05. The average molecular weight is 294 g/mol. The Kier molecular flexibility index (Phi) is 4.65. The van der Waals surface area contributed by atoms with E-state index in [-0.39, 0.29) is 24.2 Å². The zero-order chi connectivity index (χ0) is 15.6. The molecule has 6 nitrogen and oxygen atoms in total. The van der Waals surface area contributed by atoms with Gasteiger partial charge in [0.2, 0.25) is 0 Å². The number of aliphatic carboxylic acids is 1. The van der Waals surface area contributed by atoms with E-state index in [1.807, 2.05) is 6.92 Å². The zero-order valence-electron chi connectivity index (χ0n) is 12.8. The van der Waals surface area contributed by atoms with E-state index in [1.165, 1.54) is 0 Å². The molecule has 1 aliphatic rings. The number of piperidine rings is 1. The van der Waals surface area contributed by atoms with Gasteiger partial charge in [-0.1, -0.05) is 12.1 Å². The number of amides is 1. The number of aromatic nitrogens is 1. The molecule has 2 unspecified atom stereocenters. The molecule has 0 aliphatic carbocycles. The van der Waals surface area contributed by atoms with E-state index >= 15 is 0 Å². The lowest BCUT2D eigenvalue weighted by atomic mass is 9.84. The van der Waals surface area contributed by atoms with Crippen LogP contribution in [0.1, 0.15) is 48.0 Å². The predicted octanol–water partition coefficient (Wildman–Crippen LogP) is 2.25. The van der Waals surface area contributed by atoms with E-state index in [4.69, 9.17) is 9.63 Å². The highest BCUT2D eigenvalue weighted by molar-refractivity contribution is 5.96. The van der Waals surface area contributed by atoms with Crippen molar-refractivity contribution >= 4 is 11.9 Å². The molecule has 6 heteroatoms. The second-order valence-electron chi connectivity index (χ2n) is 5.93. The summed E-state index contributed by atoms with van der Waals surface area (Å²) in [5, 5.41) is 12.7. The van der Waals surface area contributed by atoms with Crippen LogP contribution < -0.4 is 0 Å². The van der Waals surface area contributed by atoms with Gasteiger partial charge in [0.1, 0.15) is 11.3 Å². The first-order valence-electron chi connectivity index (χ1n) is 7.34. The Hall–Kier alpha value is -1.85. The normalized spacial score (nSPS) is 20.3. The van der Waals surface area contributed by atoms with Crippen molar-refractivity contribution in [1.82, 2.24) is 10.1 Å². The summed E-state index contributed by atoms with van der Waals surface area (Å²) in [6.07, 6.45) is 2.03. The van der Waals surface area contributed by atoms with Gasteiger partial charge in [-0.2, -0.15) is 0 Å². The van der Waals surface area contributed by atoms with Crippen molar-refractivity contribution in [3.63, 3.8) is 0 Å². The van der Waals surface area contributed by atoms with Crippen LogP contribution in [0.3, 0.4) is 0 Å². The van der Waals surface area contributed by atoms with E-state index < -0.39 is 5.97 Å². The van der Waals surface area contributed by atoms with Gasteiger partial charge in [0.15, 0.2) is 0 Å². The smallest absolute Gasteiger partial charge is 0.303 e. The minimum Gasteiger partial charge on any atom is -0.481 e. The highest BCUT2D eigenvalue weighted by atomic mass is 16.5. The summed E-state index contributed by atoms with van der Waals surface area (Å²) >= 11 is 0. The maximum absolute atomic E-state index is 12.6. The fraction of sp³-hybridized carbons (Fsp3) is 0.667. The largest absolute Gasteiger partial charge is 0.481 e. The van der Waals surface area contributed by atoms with Gasteiger partial charge in [-0.3, -0.25) is 9.59 Å². The predicted molar refractivity (Wildman–Crippen MR) is 76.0 cm³/mol. The highest BCUT2D eigenvalue weighted by Gasteiger charge is 2.31. The number of carbonyl (C=O) groups excluding carboxylic acids is 1. The summed E-state index contributed by atoms with van der Waals surface area (Å²) in [6, 6.07) is 0. The van der Waals surface area contributed by atoms with Crippen molar-refractivity contribution in [1.29, 1.82) is 0 Å². The second kappa shape index (κ2) is 6.28. The van der Waals surface area contributed by atoms with Gasteiger partial charge in [-0.25, -0.2) is 0 Å². The Morgan fingerprint density at radius 3 is 2.76 bits per heavy atom. The zero-order valence-corrected chi connectivity index (χ0v) is 12.8. The molecule has 1 fully saturated rings. The molecular formula is C15H22N2O4. The minimum atomic E-state index is -0.781. The van der Waals surface area contributed by atoms with Crippen LogP contribution in [-0.2, 0) is 4.79 Å². The van der Waals surface area contributed by atoms with Crippen molar-refractivity contribution in [2.75, 3.05) is 13.1 Å². The molecule has 2 atom stereocenters. The molecular weight excluding hydrogens is 272 g/mol. The highest BCUT2D eigenvalue weighted by Crippen LogP contribution is 2.27. The summed E-state index contributed by atoms with van der Waals surface area (Å²) in [4.78, 5) is 25.2. The quantitative estimate of drug-likeness (QED) is 0.920. The van der Waals surface area contributed by atoms with Crippen molar-refractivity contribution in [3.8, 4) is 0 Å². The van der Waals surface area contributed by atoms with Gasteiger partial charge in [-0.15, -0.1) is 0 Å². The van der Waals surface area contributed by atoms with Gasteiger partial charge in [0.05, 0.1) is 5.69 Å². The molecule has 116 valence electrons. The van der Waals surface area contributed by atoms with Crippen molar-refractivity contribution in [2.45, 2.75) is 40.0 Å². The van der Waals surface area contributed by atoms with E-state index in [0.717, 1.165) is 12.8 Å². The van der Waals surface area contributed by atoms with Gasteiger partial charge in [0.25, 0.3) is 5.91 Å². The minimum absolute atomic E-state index is 0.0570. The molecule has 1 saturated heterocycles. The van der Waals surface area contributed by atoms with Crippen molar-refractivity contribution < 1.29 is 19.2 Å². The van der Waals surface area contributed by atoms with Crippen LogP contribution in [0.2, 0.25) is 0 Å². The monoisotopic (exact) mass is 294 g/mol. The second-order valence-corrected chi connectivity index (χ2v) is 5.93. The third-order valence-electron chi connectivity index (χ3n) is 4.29. The molecule has 0 aromatic carbocycles. The molecule has 0 saturated carbocycles. The van der Waals surface area contributed by atoms with Crippen molar-refractivity contribution in [3.05, 3.63) is 17.0 Å². The Bertz CT molecular complexity index is 518. The SMILES string of the molecule is Cc1noc(C)c1C(=O)N1CCCC(C(C)CC(=O)O)C1. The molecule has 1 N–H and O–H groups in total. The lowest BCUT2D eigenvalue weighted by molar-refractivity contribution is -0.138. The molecule has 1 aromatic heterocycles. The average Bonchev–Trinajstić information content (AvgIpc) is 2.77. The van der Waals surface area contributed by atoms with Gasteiger partial charge < -0.3 is 14.5 Å². The first kappa shape index (κ1) is 15.5. The number of nitrogens with zero attached hydrogens (tertiary/aromatic N) is 2. The third kappa shape index (κ3) is 3.43. The van der Waals surface area contributed by atoms with E-state index in [2.05, 4.69) is 5.16 Å². The molecule has 0 spiro atoms. The topological polar surface area (TPSA) is 83.6 Å². The third-order valence-corrected chi connectivity index (χ3v) is 4.29. The van der Waals surface area contributed by atoms with Crippen molar-refractivity contribution in [2.24, 2.45) is 11.8 Å². The number of aryl methyl sites for hydroxylation is 2. The number of carboxylic acid groups (broad SMARTS) is 1. The molecule has 1 aliphatic heterocycles. The Morgan fingerprint density at radius 2 is 2.19 bits per heavy atom. The van der Waals surface area contributed by atoms with Gasteiger partial charge in [0, 0.05) is 19.5 Å². The molecule has 2 rings (SSSR count). The number of hydrogen-bond acceptors (Lipinski definition) is 4. The molecule has 2 heterocycles. The summed E-state index contributed by atoms with van der Waals surface area (Å²) < 4.78 is 5.06. The van der Waals surface area contributed by atoms with E-state index in [1.54, 1.807) is 18.7 Å². The summed E-state index contributed by atoms with van der Waals surface area (Å²) in [5.74, 6) is 0.00963. The Labute approximate surface area is 124 Å². The summed E-state index contributed by atoms with van der Waals surface area (Å²) in [5.41, 5.74) is 1.15. The Balaban J connectivity index is 2.07. The standard InChI is InChI=1S/C15H22N2O4/c1-9(7-13(18)19)12-5-4-6-17(8-12)15(20)14-10(2)16-21-11(14)3/h9,12H,4-8H2,1-3H3,(H,18,19). The number of hydrogen-bond donors (Lipinski definition) is 1. The lowest BCUT2D eigenvalue weighted by Gasteiger charge is -2.35. The first-order valence-corrected chi connectivity index (χ1v) is 7.34. The first-order chi connectivity index (χ1) is 9.90. The molecule has 1 aromatic rings. The van der Waals surface area contributed by atoms with Crippen LogP contribution in [0.25, 0.3) is 0 Å². The maximum atomic E-state index is 12.6. The molecule has 0 bridgehead atoms. The van der Waals surface area contributed by atoms with E-state index in [0.29, 0.717) is 30.1 Å². The van der Waals surface area contributed by atoms with Gasteiger partial charge >= 0.3 is 5.97 Å². The maximum Gasteiger partial charge on any atom is 0.303 e. The van der Waals surface area contributed by atoms with Crippen LogP contribution in [0, 0.1) is 25.7 Å². The lowest BCUT2D eigenvalue weighted by Crippen LogP contribution is -2.42. The van der Waals surface area contributed by atoms with Crippen LogP contribution in [0.5, 0.6) is 0 Å². The number of carbonyl (C=O) groups is 2. The van der Waals surface area contributed by atoms with E-state index in [9.17, 15) is 9.59 Å². The molecule has 0 radical (unpaired) electrons. The Morgan fingerprint density at radius 1 is 1.48 bits per heavy atom.